The maximum Gasteiger partial charge on any atom is 0.180 e. The van der Waals surface area contributed by atoms with E-state index in [2.05, 4.69) is 28.1 Å². The molecule has 0 spiro atoms. The van der Waals surface area contributed by atoms with Gasteiger partial charge in [0.25, 0.3) is 0 Å². The summed E-state index contributed by atoms with van der Waals surface area (Å²) in [5.41, 5.74) is 9.11. The van der Waals surface area contributed by atoms with Crippen molar-refractivity contribution in [2.75, 3.05) is 50.2 Å². The maximum atomic E-state index is 6.19. The molecule has 7 heteroatoms. The van der Waals surface area contributed by atoms with Crippen molar-refractivity contribution < 1.29 is 14.2 Å². The second-order valence-corrected chi connectivity index (χ2v) is 7.42. The molecule has 2 aliphatic rings. The molecule has 0 saturated carbocycles. The third-order valence-electron chi connectivity index (χ3n) is 4.53. The van der Waals surface area contributed by atoms with Gasteiger partial charge in [-0.1, -0.05) is 11.3 Å². The van der Waals surface area contributed by atoms with Crippen molar-refractivity contribution in [3.63, 3.8) is 0 Å². The number of nitrogens with two attached hydrogens (primary N) is 1. The zero-order chi connectivity index (χ0) is 17.2. The molecule has 0 amide bonds. The fourth-order valence-electron chi connectivity index (χ4n) is 3.27. The second kappa shape index (κ2) is 7.19. The molecule has 0 aliphatic carbocycles. The monoisotopic (exact) mass is 361 g/mol. The summed E-state index contributed by atoms with van der Waals surface area (Å²) < 4.78 is 17.1. The molecule has 0 radical (unpaired) electrons. The highest BCUT2D eigenvalue weighted by atomic mass is 32.1. The Morgan fingerprint density at radius 1 is 1.20 bits per heavy atom. The molecule has 1 aromatic carbocycles. The highest BCUT2D eigenvalue weighted by molar-refractivity contribution is 7.18. The Morgan fingerprint density at radius 3 is 2.72 bits per heavy atom. The average Bonchev–Trinajstić information content (AvgIpc) is 3.24. The normalized spacial score (nSPS) is 20.8. The Balaban J connectivity index is 1.69. The standard InChI is InChI=1S/C18H23N3O3S/c1-12-17(25-18(19)20-12)13-8-14(21-3-6-22-7-4-21)10-16(9-13)24-15-2-5-23-11-15/h8-10,15H,2-7,11H2,1H3,(H2,19,20)/t15-/m1/s1. The van der Waals surface area contributed by atoms with Gasteiger partial charge in [0.2, 0.25) is 0 Å². The minimum absolute atomic E-state index is 0.125. The first-order valence-corrected chi connectivity index (χ1v) is 9.46. The predicted octanol–water partition coefficient (Wildman–Crippen LogP) is 2.71. The lowest BCUT2D eigenvalue weighted by atomic mass is 10.1. The SMILES string of the molecule is Cc1nc(N)sc1-c1cc(O[C@@H]2CCOC2)cc(N2CCOCC2)c1. The summed E-state index contributed by atoms with van der Waals surface area (Å²) in [4.78, 5) is 7.80. The van der Waals surface area contributed by atoms with Crippen molar-refractivity contribution in [3.8, 4) is 16.2 Å². The number of rotatable bonds is 4. The lowest BCUT2D eigenvalue weighted by molar-refractivity contribution is 0.122. The van der Waals surface area contributed by atoms with E-state index in [1.807, 2.05) is 6.92 Å². The molecule has 2 aliphatic heterocycles. The first-order chi connectivity index (χ1) is 12.2. The van der Waals surface area contributed by atoms with Crippen LogP contribution in [0.25, 0.3) is 10.4 Å². The molecule has 134 valence electrons. The van der Waals surface area contributed by atoms with Gasteiger partial charge in [-0.2, -0.15) is 0 Å². The molecule has 1 aromatic heterocycles. The van der Waals surface area contributed by atoms with Gasteiger partial charge in [0.05, 0.1) is 37.0 Å². The average molecular weight is 361 g/mol. The van der Waals surface area contributed by atoms with Crippen LogP contribution < -0.4 is 15.4 Å². The Kier molecular flexibility index (Phi) is 4.78. The fourth-order valence-corrected chi connectivity index (χ4v) is 4.09. The molecule has 2 saturated heterocycles. The molecule has 3 heterocycles. The Morgan fingerprint density at radius 2 is 2.04 bits per heavy atom. The van der Waals surface area contributed by atoms with Crippen LogP contribution >= 0.6 is 11.3 Å². The van der Waals surface area contributed by atoms with Crippen molar-refractivity contribution in [2.45, 2.75) is 19.4 Å². The number of nitrogens with zero attached hydrogens (tertiary/aromatic N) is 2. The zero-order valence-electron chi connectivity index (χ0n) is 14.4. The van der Waals surface area contributed by atoms with Crippen LogP contribution in [0.5, 0.6) is 5.75 Å². The number of hydrogen-bond acceptors (Lipinski definition) is 7. The van der Waals surface area contributed by atoms with E-state index in [0.29, 0.717) is 11.7 Å². The molecule has 2 N–H and O–H groups in total. The molecule has 6 nitrogen and oxygen atoms in total. The summed E-state index contributed by atoms with van der Waals surface area (Å²) >= 11 is 1.52. The van der Waals surface area contributed by atoms with E-state index >= 15 is 0 Å². The van der Waals surface area contributed by atoms with Crippen molar-refractivity contribution in [1.82, 2.24) is 4.98 Å². The largest absolute Gasteiger partial charge is 0.488 e. The minimum Gasteiger partial charge on any atom is -0.488 e. The minimum atomic E-state index is 0.125. The van der Waals surface area contributed by atoms with Gasteiger partial charge in [-0.15, -0.1) is 0 Å². The van der Waals surface area contributed by atoms with E-state index in [0.717, 1.165) is 66.9 Å². The lowest BCUT2D eigenvalue weighted by Crippen LogP contribution is -2.36. The van der Waals surface area contributed by atoms with Gasteiger partial charge >= 0.3 is 0 Å². The number of aryl methyl sites for hydroxylation is 1. The number of ether oxygens (including phenoxy) is 3. The van der Waals surface area contributed by atoms with E-state index in [1.54, 1.807) is 0 Å². The number of nitrogen functional groups attached to an aromatic ring is 1. The molecule has 0 unspecified atom stereocenters. The van der Waals surface area contributed by atoms with Gasteiger partial charge in [-0.25, -0.2) is 4.98 Å². The highest BCUT2D eigenvalue weighted by Gasteiger charge is 2.20. The van der Waals surface area contributed by atoms with E-state index in [9.17, 15) is 0 Å². The maximum absolute atomic E-state index is 6.19. The molecule has 0 bridgehead atoms. The molecular formula is C18H23N3O3S. The van der Waals surface area contributed by atoms with Gasteiger partial charge in [-0.3, -0.25) is 0 Å². The van der Waals surface area contributed by atoms with Crippen molar-refractivity contribution in [1.29, 1.82) is 0 Å². The summed E-state index contributed by atoms with van der Waals surface area (Å²) in [6.07, 6.45) is 1.06. The first-order valence-electron chi connectivity index (χ1n) is 8.64. The van der Waals surface area contributed by atoms with E-state index in [4.69, 9.17) is 19.9 Å². The van der Waals surface area contributed by atoms with E-state index in [1.165, 1.54) is 11.3 Å². The molecule has 1 atom stereocenters. The van der Waals surface area contributed by atoms with Crippen LogP contribution in [0.2, 0.25) is 0 Å². The van der Waals surface area contributed by atoms with E-state index in [-0.39, 0.29) is 6.10 Å². The smallest absolute Gasteiger partial charge is 0.180 e. The lowest BCUT2D eigenvalue weighted by Gasteiger charge is -2.29. The number of anilines is 2. The fraction of sp³-hybridized carbons (Fsp3) is 0.500. The van der Waals surface area contributed by atoms with Gasteiger partial charge in [0.1, 0.15) is 11.9 Å². The van der Waals surface area contributed by atoms with Crippen LogP contribution in [0.15, 0.2) is 18.2 Å². The van der Waals surface area contributed by atoms with E-state index < -0.39 is 0 Å². The summed E-state index contributed by atoms with van der Waals surface area (Å²) in [6.45, 7) is 6.70. The molecule has 25 heavy (non-hydrogen) atoms. The Bertz CT molecular complexity index is 737. The van der Waals surface area contributed by atoms with Gasteiger partial charge in [0.15, 0.2) is 5.13 Å². The topological polar surface area (TPSA) is 69.8 Å². The van der Waals surface area contributed by atoms with Crippen molar-refractivity contribution in [2.24, 2.45) is 0 Å². The number of hydrogen-bond donors (Lipinski definition) is 1. The zero-order valence-corrected chi connectivity index (χ0v) is 15.2. The Hall–Kier alpha value is -1.83. The summed E-state index contributed by atoms with van der Waals surface area (Å²) in [7, 11) is 0. The van der Waals surface area contributed by atoms with Gasteiger partial charge < -0.3 is 24.8 Å². The van der Waals surface area contributed by atoms with Gasteiger partial charge in [-0.05, 0) is 24.6 Å². The first kappa shape index (κ1) is 16.6. The molecule has 4 rings (SSSR count). The van der Waals surface area contributed by atoms with Crippen LogP contribution in [-0.4, -0.2) is 50.6 Å². The molecule has 2 aromatic rings. The number of morpholine rings is 1. The Labute approximate surface area is 151 Å². The molecular weight excluding hydrogens is 338 g/mol. The van der Waals surface area contributed by atoms with Crippen LogP contribution in [0.3, 0.4) is 0 Å². The predicted molar refractivity (Wildman–Crippen MR) is 99.6 cm³/mol. The van der Waals surface area contributed by atoms with Crippen LogP contribution in [0, 0.1) is 6.92 Å². The van der Waals surface area contributed by atoms with Crippen molar-refractivity contribution >= 4 is 22.2 Å². The van der Waals surface area contributed by atoms with Crippen LogP contribution in [0.4, 0.5) is 10.8 Å². The number of aromatic nitrogens is 1. The summed E-state index contributed by atoms with van der Waals surface area (Å²) in [6, 6.07) is 6.40. The third-order valence-corrected chi connectivity index (χ3v) is 5.57. The summed E-state index contributed by atoms with van der Waals surface area (Å²) in [5, 5.41) is 0.593. The van der Waals surface area contributed by atoms with Gasteiger partial charge in [0, 0.05) is 31.3 Å². The highest BCUT2D eigenvalue weighted by Crippen LogP contribution is 2.37. The van der Waals surface area contributed by atoms with Crippen molar-refractivity contribution in [3.05, 3.63) is 23.9 Å². The molecule has 2 fully saturated rings. The number of thiazole rings is 1. The summed E-state index contributed by atoms with van der Waals surface area (Å²) in [5.74, 6) is 0.876. The third kappa shape index (κ3) is 3.73. The van der Waals surface area contributed by atoms with Crippen LogP contribution in [0.1, 0.15) is 12.1 Å². The van der Waals surface area contributed by atoms with Crippen LogP contribution in [-0.2, 0) is 9.47 Å². The second-order valence-electron chi connectivity index (χ2n) is 6.39. The number of benzene rings is 1. The quantitative estimate of drug-likeness (QED) is 0.903.